The van der Waals surface area contributed by atoms with Gasteiger partial charge in [-0.2, -0.15) is 0 Å². The van der Waals surface area contributed by atoms with Crippen LogP contribution in [0.1, 0.15) is 67.4 Å². The number of Topliss-reactive ketones (excluding diaryl/α,β-unsaturated/α-hetero) is 1. The Morgan fingerprint density at radius 2 is 2.18 bits per heavy atom. The zero-order valence-electron chi connectivity index (χ0n) is 19.1. The minimum atomic E-state index is -0.246. The van der Waals surface area contributed by atoms with E-state index >= 15 is 0 Å². The van der Waals surface area contributed by atoms with Crippen molar-refractivity contribution < 1.29 is 14.0 Å². The minimum absolute atomic E-state index is 0.000163. The maximum absolute atomic E-state index is 13.2. The third kappa shape index (κ3) is 3.43. The monoisotopic (exact) mass is 463 g/mol. The van der Waals surface area contributed by atoms with Crippen molar-refractivity contribution in [3.05, 3.63) is 40.7 Å². The summed E-state index contributed by atoms with van der Waals surface area (Å²) >= 11 is 1.49. The fraction of sp³-hybridized carbons (Fsp3) is 0.538. The Bertz CT molecular complexity index is 1250. The summed E-state index contributed by atoms with van der Waals surface area (Å²) in [5.74, 6) is 1.98. The molecule has 2 saturated carbocycles. The number of hydrogen-bond acceptors (Lipinski definition) is 6. The molecule has 0 bridgehead atoms. The minimum Gasteiger partial charge on any atom is -0.443 e. The van der Waals surface area contributed by atoms with E-state index in [0.717, 1.165) is 48.1 Å². The van der Waals surface area contributed by atoms with Crippen LogP contribution in [0.5, 0.6) is 0 Å². The fourth-order valence-corrected chi connectivity index (χ4v) is 7.84. The standard InChI is InChI=1S/C26H29N3O3S/c1-14-12-27-25(33-14)29-23(31)6-4-16-10-22(30)26(2)8-7-17-18(24(16)26)5-3-15-9-21-20(11-19(15)17)28-13-32-21/h9,11-13,16-18,24H,3-8,10H2,1-2H3,(H,27,29,31)/t16-,17?,18?,24?,26-/m1/s1. The first kappa shape index (κ1) is 21.0. The highest BCUT2D eigenvalue weighted by atomic mass is 32.1. The Morgan fingerprint density at radius 1 is 1.30 bits per heavy atom. The van der Waals surface area contributed by atoms with Crippen LogP contribution in [0.2, 0.25) is 0 Å². The molecule has 0 spiro atoms. The lowest BCUT2D eigenvalue weighted by Gasteiger charge is -2.50. The number of anilines is 1. The normalized spacial score (nSPS) is 30.7. The summed E-state index contributed by atoms with van der Waals surface area (Å²) in [6.07, 6.45) is 9.23. The second-order valence-electron chi connectivity index (χ2n) is 10.4. The summed E-state index contributed by atoms with van der Waals surface area (Å²) in [6.45, 7) is 4.18. The van der Waals surface area contributed by atoms with Crippen LogP contribution in [0.3, 0.4) is 0 Å². The molecule has 6 nitrogen and oxygen atoms in total. The Labute approximate surface area is 197 Å². The van der Waals surface area contributed by atoms with E-state index in [1.807, 2.05) is 6.92 Å². The molecule has 2 heterocycles. The van der Waals surface area contributed by atoms with E-state index in [2.05, 4.69) is 34.3 Å². The van der Waals surface area contributed by atoms with Crippen molar-refractivity contribution >= 4 is 39.3 Å². The molecule has 3 unspecified atom stereocenters. The summed E-state index contributed by atoms with van der Waals surface area (Å²) < 4.78 is 5.54. The molecule has 3 aromatic rings. The van der Waals surface area contributed by atoms with Gasteiger partial charge in [0.2, 0.25) is 5.91 Å². The molecule has 1 N–H and O–H groups in total. The van der Waals surface area contributed by atoms with E-state index in [9.17, 15) is 9.59 Å². The van der Waals surface area contributed by atoms with Gasteiger partial charge in [0.1, 0.15) is 11.3 Å². The van der Waals surface area contributed by atoms with Crippen LogP contribution in [0.15, 0.2) is 29.1 Å². The van der Waals surface area contributed by atoms with Crippen LogP contribution in [0.4, 0.5) is 5.13 Å². The Hall–Kier alpha value is -2.54. The molecule has 33 heavy (non-hydrogen) atoms. The second-order valence-corrected chi connectivity index (χ2v) is 11.6. The lowest BCUT2D eigenvalue weighted by Crippen LogP contribution is -2.44. The van der Waals surface area contributed by atoms with Gasteiger partial charge in [0.05, 0.1) is 0 Å². The highest BCUT2D eigenvalue weighted by molar-refractivity contribution is 7.15. The maximum atomic E-state index is 13.2. The van der Waals surface area contributed by atoms with Gasteiger partial charge in [0, 0.05) is 29.3 Å². The number of oxazole rings is 1. The predicted octanol–water partition coefficient (Wildman–Crippen LogP) is 5.66. The van der Waals surface area contributed by atoms with Crippen molar-refractivity contribution in [2.75, 3.05) is 5.32 Å². The zero-order chi connectivity index (χ0) is 22.7. The largest absolute Gasteiger partial charge is 0.443 e. The number of fused-ring (bicyclic) bond motifs is 6. The van der Waals surface area contributed by atoms with Crippen molar-refractivity contribution in [1.29, 1.82) is 0 Å². The number of carbonyl (C=O) groups is 2. The molecule has 0 aliphatic heterocycles. The summed E-state index contributed by atoms with van der Waals surface area (Å²) in [6, 6.07) is 4.40. The molecule has 2 fully saturated rings. The zero-order valence-corrected chi connectivity index (χ0v) is 19.9. The smallest absolute Gasteiger partial charge is 0.226 e. The second kappa shape index (κ2) is 7.76. The third-order valence-corrected chi connectivity index (χ3v) is 9.46. The number of amides is 1. The van der Waals surface area contributed by atoms with E-state index < -0.39 is 0 Å². The average molecular weight is 464 g/mol. The van der Waals surface area contributed by atoms with Gasteiger partial charge in [-0.05, 0) is 86.0 Å². The number of rotatable bonds is 4. The third-order valence-electron chi connectivity index (χ3n) is 8.63. The van der Waals surface area contributed by atoms with Gasteiger partial charge in [-0.1, -0.05) is 6.92 Å². The highest BCUT2D eigenvalue weighted by Crippen LogP contribution is 2.62. The van der Waals surface area contributed by atoms with Gasteiger partial charge in [0.15, 0.2) is 17.1 Å². The van der Waals surface area contributed by atoms with Crippen LogP contribution >= 0.6 is 11.3 Å². The molecule has 2 aromatic heterocycles. The van der Waals surface area contributed by atoms with Crippen molar-refractivity contribution in [3.8, 4) is 0 Å². The van der Waals surface area contributed by atoms with Gasteiger partial charge in [-0.25, -0.2) is 9.97 Å². The number of hydrogen-bond donors (Lipinski definition) is 1. The van der Waals surface area contributed by atoms with Gasteiger partial charge in [-0.15, -0.1) is 11.3 Å². The first-order valence-corrected chi connectivity index (χ1v) is 12.9. The highest BCUT2D eigenvalue weighted by Gasteiger charge is 2.58. The molecule has 1 amide bonds. The van der Waals surface area contributed by atoms with E-state index in [1.54, 1.807) is 6.20 Å². The van der Waals surface area contributed by atoms with Crippen molar-refractivity contribution in [2.24, 2.45) is 23.2 Å². The predicted molar refractivity (Wildman–Crippen MR) is 127 cm³/mol. The van der Waals surface area contributed by atoms with E-state index in [0.29, 0.717) is 41.5 Å². The molecule has 3 aliphatic rings. The average Bonchev–Trinajstić information content (AvgIpc) is 3.48. The number of aromatic nitrogens is 2. The molecule has 172 valence electrons. The molecule has 0 saturated heterocycles. The maximum Gasteiger partial charge on any atom is 0.226 e. The molecule has 6 rings (SSSR count). The van der Waals surface area contributed by atoms with Gasteiger partial charge in [-0.3, -0.25) is 9.59 Å². The van der Waals surface area contributed by atoms with Crippen LogP contribution in [0.25, 0.3) is 11.1 Å². The summed E-state index contributed by atoms with van der Waals surface area (Å²) in [4.78, 5) is 35.5. The molecule has 5 atom stereocenters. The molecule has 3 aliphatic carbocycles. The Morgan fingerprint density at radius 3 is 3.00 bits per heavy atom. The van der Waals surface area contributed by atoms with Crippen LogP contribution in [-0.2, 0) is 16.0 Å². The molecule has 0 radical (unpaired) electrons. The number of benzene rings is 1. The summed E-state index contributed by atoms with van der Waals surface area (Å²) in [5.41, 5.74) is 4.33. The van der Waals surface area contributed by atoms with Crippen molar-refractivity contribution in [2.45, 2.75) is 64.7 Å². The number of aryl methyl sites for hydroxylation is 2. The van der Waals surface area contributed by atoms with E-state index in [4.69, 9.17) is 4.42 Å². The van der Waals surface area contributed by atoms with Gasteiger partial charge < -0.3 is 9.73 Å². The molecule has 1 aromatic carbocycles. The Kier molecular flexibility index (Phi) is 4.94. The van der Waals surface area contributed by atoms with Crippen molar-refractivity contribution in [3.63, 3.8) is 0 Å². The van der Waals surface area contributed by atoms with Crippen molar-refractivity contribution in [1.82, 2.24) is 9.97 Å². The first-order valence-electron chi connectivity index (χ1n) is 12.0. The lowest BCUT2D eigenvalue weighted by atomic mass is 9.54. The van der Waals surface area contributed by atoms with E-state index in [-0.39, 0.29) is 17.2 Å². The van der Waals surface area contributed by atoms with Crippen LogP contribution < -0.4 is 5.32 Å². The fourth-order valence-electron chi connectivity index (χ4n) is 7.16. The number of ketones is 1. The van der Waals surface area contributed by atoms with Gasteiger partial charge >= 0.3 is 0 Å². The number of nitrogens with one attached hydrogen (secondary N) is 1. The molecule has 7 heteroatoms. The molecular weight excluding hydrogens is 434 g/mol. The van der Waals surface area contributed by atoms with Crippen LogP contribution in [0, 0.1) is 30.1 Å². The number of carbonyl (C=O) groups excluding carboxylic acids is 2. The van der Waals surface area contributed by atoms with Crippen LogP contribution in [-0.4, -0.2) is 21.7 Å². The first-order chi connectivity index (χ1) is 15.9. The summed E-state index contributed by atoms with van der Waals surface area (Å²) in [7, 11) is 0. The quantitative estimate of drug-likeness (QED) is 0.539. The lowest BCUT2D eigenvalue weighted by molar-refractivity contribution is -0.129. The molecular formula is C26H29N3O3S. The number of thiazole rings is 1. The van der Waals surface area contributed by atoms with Gasteiger partial charge in [0.25, 0.3) is 0 Å². The Balaban J connectivity index is 1.23. The van der Waals surface area contributed by atoms with E-state index in [1.165, 1.54) is 28.9 Å². The summed E-state index contributed by atoms with van der Waals surface area (Å²) in [5, 5.41) is 3.59. The SMILES string of the molecule is Cc1cnc(NC(=O)CC[C@@H]2CC(=O)[C@@]3(C)CCC4c5cc6ncoc6cc5CCC4C23)s1. The topological polar surface area (TPSA) is 85.1 Å². The number of nitrogens with zero attached hydrogens (tertiary/aromatic N) is 2.